The van der Waals surface area contributed by atoms with Crippen molar-refractivity contribution in [1.29, 1.82) is 0 Å². The first kappa shape index (κ1) is 25.7. The van der Waals surface area contributed by atoms with Crippen molar-refractivity contribution in [1.82, 2.24) is 0 Å². The standard InChI is InChI=1S/C30H25N3O5S/c1-2-38-30(35)21-13-15-22(16-14-21)31-28(20-9-5-3-6-10-20)27-25-19-24(17-18-26(25)32-29(27)34)39(36,37)33-23-11-7-4-8-12-23/h3-19,31,33H,2H2,1H3,(H,32,34). The van der Waals surface area contributed by atoms with Crippen LogP contribution in [0.25, 0.3) is 11.3 Å². The van der Waals surface area contributed by atoms with Crippen LogP contribution in [0.5, 0.6) is 0 Å². The van der Waals surface area contributed by atoms with E-state index in [1.54, 1.807) is 67.6 Å². The zero-order valence-electron chi connectivity index (χ0n) is 21.0. The second kappa shape index (κ2) is 10.8. The Bertz CT molecular complexity index is 1670. The van der Waals surface area contributed by atoms with Crippen molar-refractivity contribution in [2.75, 3.05) is 22.0 Å². The van der Waals surface area contributed by atoms with Crippen molar-refractivity contribution >= 4 is 50.2 Å². The van der Waals surface area contributed by atoms with Crippen molar-refractivity contribution < 1.29 is 22.7 Å². The van der Waals surface area contributed by atoms with Gasteiger partial charge in [0.2, 0.25) is 0 Å². The van der Waals surface area contributed by atoms with E-state index in [-0.39, 0.29) is 17.4 Å². The van der Waals surface area contributed by atoms with E-state index in [0.29, 0.717) is 39.5 Å². The fourth-order valence-corrected chi connectivity index (χ4v) is 5.30. The third kappa shape index (κ3) is 5.53. The number of esters is 1. The Morgan fingerprint density at radius 2 is 1.49 bits per heavy atom. The van der Waals surface area contributed by atoms with E-state index in [4.69, 9.17) is 4.74 Å². The average molecular weight is 540 g/mol. The van der Waals surface area contributed by atoms with E-state index < -0.39 is 16.0 Å². The normalized spacial score (nSPS) is 13.7. The van der Waals surface area contributed by atoms with Crippen LogP contribution >= 0.6 is 0 Å². The molecule has 196 valence electrons. The van der Waals surface area contributed by atoms with Gasteiger partial charge in [-0.3, -0.25) is 9.52 Å². The topological polar surface area (TPSA) is 114 Å². The molecule has 0 spiro atoms. The Balaban J connectivity index is 1.57. The molecule has 0 aliphatic carbocycles. The third-order valence-corrected chi connectivity index (χ3v) is 7.43. The first-order valence-electron chi connectivity index (χ1n) is 12.2. The van der Waals surface area contributed by atoms with Gasteiger partial charge in [0.1, 0.15) is 0 Å². The van der Waals surface area contributed by atoms with Gasteiger partial charge in [0.25, 0.3) is 15.9 Å². The minimum absolute atomic E-state index is 0.0188. The summed E-state index contributed by atoms with van der Waals surface area (Å²) in [6.07, 6.45) is 0. The average Bonchev–Trinajstić information content (AvgIpc) is 3.27. The van der Waals surface area contributed by atoms with Crippen LogP contribution in [-0.4, -0.2) is 26.9 Å². The number of amides is 1. The summed E-state index contributed by atoms with van der Waals surface area (Å²) in [4.78, 5) is 25.3. The number of carbonyl (C=O) groups excluding carboxylic acids is 2. The number of hydrogen-bond acceptors (Lipinski definition) is 6. The number of anilines is 3. The summed E-state index contributed by atoms with van der Waals surface area (Å²) in [5.74, 6) is -0.794. The summed E-state index contributed by atoms with van der Waals surface area (Å²) in [6.45, 7) is 2.02. The van der Waals surface area contributed by atoms with Crippen LogP contribution in [0, 0.1) is 0 Å². The molecule has 0 fully saturated rings. The lowest BCUT2D eigenvalue weighted by Crippen LogP contribution is -2.13. The van der Waals surface area contributed by atoms with Crippen molar-refractivity contribution in [3.63, 3.8) is 0 Å². The van der Waals surface area contributed by atoms with E-state index in [2.05, 4.69) is 15.4 Å². The second-order valence-electron chi connectivity index (χ2n) is 8.67. The van der Waals surface area contributed by atoms with Crippen LogP contribution in [-0.2, 0) is 19.6 Å². The zero-order valence-corrected chi connectivity index (χ0v) is 21.8. The fraction of sp³-hybridized carbons (Fsp3) is 0.0667. The summed E-state index contributed by atoms with van der Waals surface area (Å²) in [7, 11) is -3.92. The van der Waals surface area contributed by atoms with E-state index in [1.165, 1.54) is 12.1 Å². The van der Waals surface area contributed by atoms with E-state index >= 15 is 0 Å². The van der Waals surface area contributed by atoms with Gasteiger partial charge >= 0.3 is 5.97 Å². The number of sulfonamides is 1. The Kier molecular flexibility index (Phi) is 7.16. The van der Waals surface area contributed by atoms with Gasteiger partial charge in [0.05, 0.1) is 28.3 Å². The molecule has 4 aromatic rings. The van der Waals surface area contributed by atoms with Gasteiger partial charge in [-0.05, 0) is 67.1 Å². The number of para-hydroxylation sites is 1. The van der Waals surface area contributed by atoms with Crippen LogP contribution < -0.4 is 15.4 Å². The van der Waals surface area contributed by atoms with Gasteiger partial charge in [-0.15, -0.1) is 0 Å². The summed E-state index contributed by atoms with van der Waals surface area (Å²) in [6, 6.07) is 29.1. The quantitative estimate of drug-likeness (QED) is 0.199. The lowest BCUT2D eigenvalue weighted by Gasteiger charge is -2.15. The molecule has 0 saturated carbocycles. The minimum atomic E-state index is -3.92. The van der Waals surface area contributed by atoms with Crippen molar-refractivity contribution in [3.8, 4) is 0 Å². The van der Waals surface area contributed by atoms with E-state index in [9.17, 15) is 18.0 Å². The monoisotopic (exact) mass is 539 g/mol. The fourth-order valence-electron chi connectivity index (χ4n) is 4.21. The van der Waals surface area contributed by atoms with Crippen molar-refractivity contribution in [2.24, 2.45) is 0 Å². The largest absolute Gasteiger partial charge is 0.462 e. The highest BCUT2D eigenvalue weighted by Crippen LogP contribution is 2.39. The van der Waals surface area contributed by atoms with Crippen LogP contribution in [0.15, 0.2) is 108 Å². The van der Waals surface area contributed by atoms with Crippen LogP contribution in [0.3, 0.4) is 0 Å². The predicted octanol–water partition coefficient (Wildman–Crippen LogP) is 5.60. The molecule has 0 aromatic heterocycles. The van der Waals surface area contributed by atoms with E-state index in [0.717, 1.165) is 5.56 Å². The smallest absolute Gasteiger partial charge is 0.338 e. The zero-order chi connectivity index (χ0) is 27.4. The number of ether oxygens (including phenoxy) is 1. The number of nitrogens with one attached hydrogen (secondary N) is 3. The molecule has 0 saturated heterocycles. The molecule has 1 amide bonds. The molecule has 0 radical (unpaired) electrons. The second-order valence-corrected chi connectivity index (χ2v) is 10.4. The molecule has 3 N–H and O–H groups in total. The number of carbonyl (C=O) groups is 2. The molecule has 39 heavy (non-hydrogen) atoms. The van der Waals surface area contributed by atoms with Gasteiger partial charge in [0, 0.05) is 22.6 Å². The first-order chi connectivity index (χ1) is 18.9. The maximum atomic E-state index is 13.3. The molecule has 0 atom stereocenters. The Morgan fingerprint density at radius 1 is 0.821 bits per heavy atom. The third-order valence-electron chi connectivity index (χ3n) is 6.05. The molecule has 9 heteroatoms. The molecule has 0 bridgehead atoms. The molecular formula is C30H25N3O5S. The summed E-state index contributed by atoms with van der Waals surface area (Å²) in [5, 5.41) is 6.14. The maximum absolute atomic E-state index is 13.3. The number of benzene rings is 4. The lowest BCUT2D eigenvalue weighted by atomic mass is 10.00. The number of rotatable bonds is 8. The minimum Gasteiger partial charge on any atom is -0.462 e. The van der Waals surface area contributed by atoms with Crippen molar-refractivity contribution in [3.05, 3.63) is 120 Å². The summed E-state index contributed by atoms with van der Waals surface area (Å²) >= 11 is 0. The van der Waals surface area contributed by atoms with Gasteiger partial charge in [-0.25, -0.2) is 13.2 Å². The first-order valence-corrected chi connectivity index (χ1v) is 13.7. The van der Waals surface area contributed by atoms with Crippen LogP contribution in [0.2, 0.25) is 0 Å². The molecule has 4 aromatic carbocycles. The highest BCUT2D eigenvalue weighted by atomic mass is 32.2. The molecule has 8 nitrogen and oxygen atoms in total. The Hall–Kier alpha value is -4.89. The molecule has 0 unspecified atom stereocenters. The highest BCUT2D eigenvalue weighted by molar-refractivity contribution is 7.92. The van der Waals surface area contributed by atoms with Gasteiger partial charge in [0.15, 0.2) is 0 Å². The Morgan fingerprint density at radius 3 is 2.15 bits per heavy atom. The predicted molar refractivity (Wildman–Crippen MR) is 152 cm³/mol. The lowest BCUT2D eigenvalue weighted by molar-refractivity contribution is -0.110. The molecule has 1 heterocycles. The van der Waals surface area contributed by atoms with Crippen LogP contribution in [0.1, 0.15) is 28.4 Å². The Labute approximate surface area is 226 Å². The molecule has 1 aliphatic heterocycles. The van der Waals surface area contributed by atoms with Crippen LogP contribution in [0.4, 0.5) is 17.1 Å². The maximum Gasteiger partial charge on any atom is 0.338 e. The van der Waals surface area contributed by atoms with Gasteiger partial charge in [-0.2, -0.15) is 0 Å². The van der Waals surface area contributed by atoms with Gasteiger partial charge in [-0.1, -0.05) is 48.5 Å². The van der Waals surface area contributed by atoms with E-state index in [1.807, 2.05) is 30.3 Å². The van der Waals surface area contributed by atoms with Gasteiger partial charge < -0.3 is 15.4 Å². The van der Waals surface area contributed by atoms with Crippen molar-refractivity contribution in [2.45, 2.75) is 11.8 Å². The molecule has 1 aliphatic rings. The number of fused-ring (bicyclic) bond motifs is 1. The molecule has 5 rings (SSSR count). The number of hydrogen-bond donors (Lipinski definition) is 3. The SMILES string of the molecule is CCOC(=O)c1ccc(NC(=C2C(=O)Nc3ccc(S(=O)(=O)Nc4ccccc4)cc32)c2ccccc2)cc1. The summed E-state index contributed by atoms with van der Waals surface area (Å²) in [5.41, 5.74) is 3.92. The highest BCUT2D eigenvalue weighted by Gasteiger charge is 2.30. The molecular weight excluding hydrogens is 514 g/mol. The summed E-state index contributed by atoms with van der Waals surface area (Å²) < 4.78 is 34.0.